The van der Waals surface area contributed by atoms with E-state index in [2.05, 4.69) is 37.6 Å². The number of aromatic nitrogens is 1. The fourth-order valence-electron chi connectivity index (χ4n) is 3.54. The second kappa shape index (κ2) is 6.56. The molecule has 1 aliphatic rings. The predicted molar refractivity (Wildman–Crippen MR) is 97.5 cm³/mol. The van der Waals surface area contributed by atoms with Crippen molar-refractivity contribution in [1.82, 2.24) is 9.88 Å². The number of carbonyl (C=O) groups excluding carboxylic acids is 1. The third-order valence-corrected chi connectivity index (χ3v) is 4.45. The molecule has 1 N–H and O–H groups in total. The minimum atomic E-state index is -0.0351. The molecule has 134 valence electrons. The number of Topliss-reactive ketones (excluding diaryl/α,β-unsaturated/α-hetero) is 1. The lowest BCUT2D eigenvalue weighted by Gasteiger charge is -2.25. The van der Waals surface area contributed by atoms with Crippen LogP contribution in [0.2, 0.25) is 0 Å². The molecule has 2 aromatic rings. The molecular weight excluding hydrogens is 316 g/mol. The summed E-state index contributed by atoms with van der Waals surface area (Å²) in [4.78, 5) is 12.6. The Balaban J connectivity index is 1.64. The molecule has 1 aromatic carbocycles. The van der Waals surface area contributed by atoms with Crippen molar-refractivity contribution in [3.05, 3.63) is 46.8 Å². The fourth-order valence-corrected chi connectivity index (χ4v) is 3.54. The van der Waals surface area contributed by atoms with Crippen LogP contribution in [0.3, 0.4) is 0 Å². The lowest BCUT2D eigenvalue weighted by Crippen LogP contribution is -2.26. The molecule has 0 unspecified atom stereocenters. The molecule has 0 radical (unpaired) electrons. The first kappa shape index (κ1) is 17.5. The maximum Gasteiger partial charge on any atom is 0.231 e. The van der Waals surface area contributed by atoms with Gasteiger partial charge in [-0.15, -0.1) is 0 Å². The van der Waals surface area contributed by atoms with E-state index in [0.717, 1.165) is 34.0 Å². The number of hydrogen-bond donors (Lipinski definition) is 1. The number of aryl methyl sites for hydroxylation is 1. The van der Waals surface area contributed by atoms with Crippen LogP contribution in [-0.4, -0.2) is 23.7 Å². The standard InChI is InChI=1S/C20H26N2O3/c1-13-8-16(14(2)22(13)20(3,4)5)17(23)11-21-10-15-6-7-18-19(9-15)25-12-24-18/h6-9,21H,10-12H2,1-5H3. The van der Waals surface area contributed by atoms with Crippen molar-refractivity contribution in [3.8, 4) is 11.5 Å². The maximum atomic E-state index is 12.6. The third kappa shape index (κ3) is 3.56. The summed E-state index contributed by atoms with van der Waals surface area (Å²) >= 11 is 0. The summed E-state index contributed by atoms with van der Waals surface area (Å²) in [5.74, 6) is 1.65. The summed E-state index contributed by atoms with van der Waals surface area (Å²) in [5, 5.41) is 3.23. The molecule has 5 heteroatoms. The van der Waals surface area contributed by atoms with E-state index in [1.165, 1.54) is 0 Å². The summed E-state index contributed by atoms with van der Waals surface area (Å²) in [5.41, 5.74) is 3.97. The van der Waals surface area contributed by atoms with Gasteiger partial charge in [-0.2, -0.15) is 0 Å². The molecule has 0 aliphatic carbocycles. The van der Waals surface area contributed by atoms with Crippen molar-refractivity contribution >= 4 is 5.78 Å². The smallest absolute Gasteiger partial charge is 0.231 e. The molecule has 0 amide bonds. The van der Waals surface area contributed by atoms with Gasteiger partial charge in [-0.3, -0.25) is 4.79 Å². The van der Waals surface area contributed by atoms with Crippen LogP contribution < -0.4 is 14.8 Å². The molecule has 0 spiro atoms. The van der Waals surface area contributed by atoms with E-state index in [-0.39, 0.29) is 18.1 Å². The van der Waals surface area contributed by atoms with Crippen molar-refractivity contribution in [2.24, 2.45) is 0 Å². The van der Waals surface area contributed by atoms with E-state index in [4.69, 9.17) is 9.47 Å². The van der Waals surface area contributed by atoms with Crippen LogP contribution in [-0.2, 0) is 12.1 Å². The first-order valence-electron chi connectivity index (χ1n) is 8.59. The van der Waals surface area contributed by atoms with Crippen LogP contribution in [0.25, 0.3) is 0 Å². The van der Waals surface area contributed by atoms with Gasteiger partial charge in [-0.1, -0.05) is 6.07 Å². The Hall–Kier alpha value is -2.27. The monoisotopic (exact) mass is 342 g/mol. The number of nitrogens with one attached hydrogen (secondary N) is 1. The van der Waals surface area contributed by atoms with E-state index >= 15 is 0 Å². The molecule has 5 nitrogen and oxygen atoms in total. The Morgan fingerprint density at radius 2 is 1.88 bits per heavy atom. The fraction of sp³-hybridized carbons (Fsp3) is 0.450. The van der Waals surface area contributed by atoms with Gasteiger partial charge in [0.2, 0.25) is 6.79 Å². The number of rotatable bonds is 5. The maximum absolute atomic E-state index is 12.6. The number of nitrogens with zero attached hydrogens (tertiary/aromatic N) is 1. The molecule has 0 saturated carbocycles. The van der Waals surface area contributed by atoms with E-state index < -0.39 is 0 Å². The minimum Gasteiger partial charge on any atom is -0.454 e. The van der Waals surface area contributed by atoms with Crippen LogP contribution in [0.4, 0.5) is 0 Å². The topological polar surface area (TPSA) is 52.5 Å². The molecule has 1 aromatic heterocycles. The quantitative estimate of drug-likeness (QED) is 0.844. The summed E-state index contributed by atoms with van der Waals surface area (Å²) in [6.45, 7) is 11.7. The number of ketones is 1. The van der Waals surface area contributed by atoms with Crippen molar-refractivity contribution in [3.63, 3.8) is 0 Å². The van der Waals surface area contributed by atoms with Crippen molar-refractivity contribution in [2.75, 3.05) is 13.3 Å². The third-order valence-electron chi connectivity index (χ3n) is 4.45. The van der Waals surface area contributed by atoms with Crippen molar-refractivity contribution < 1.29 is 14.3 Å². The molecule has 0 fully saturated rings. The van der Waals surface area contributed by atoms with Gasteiger partial charge in [-0.25, -0.2) is 0 Å². The van der Waals surface area contributed by atoms with E-state index in [1.54, 1.807) is 0 Å². The van der Waals surface area contributed by atoms with E-state index in [0.29, 0.717) is 13.1 Å². The predicted octanol–water partition coefficient (Wildman–Crippen LogP) is 3.56. The van der Waals surface area contributed by atoms with Gasteiger partial charge >= 0.3 is 0 Å². The highest BCUT2D eigenvalue weighted by molar-refractivity contribution is 5.99. The molecule has 1 aliphatic heterocycles. The van der Waals surface area contributed by atoms with Gasteiger partial charge in [0.1, 0.15) is 0 Å². The van der Waals surface area contributed by atoms with Crippen molar-refractivity contribution in [1.29, 1.82) is 0 Å². The zero-order valence-corrected chi connectivity index (χ0v) is 15.6. The number of benzene rings is 1. The molecule has 3 rings (SSSR count). The number of hydrogen-bond acceptors (Lipinski definition) is 4. The molecule has 2 heterocycles. The largest absolute Gasteiger partial charge is 0.454 e. The SMILES string of the molecule is Cc1cc(C(=O)CNCc2ccc3c(c2)OCO3)c(C)n1C(C)(C)C. The highest BCUT2D eigenvalue weighted by atomic mass is 16.7. The Morgan fingerprint density at radius 1 is 1.16 bits per heavy atom. The first-order valence-corrected chi connectivity index (χ1v) is 8.59. The van der Waals surface area contributed by atoms with Crippen LogP contribution in [0.5, 0.6) is 11.5 Å². The van der Waals surface area contributed by atoms with Gasteiger partial charge in [0.05, 0.1) is 6.54 Å². The van der Waals surface area contributed by atoms with Gasteiger partial charge in [0.15, 0.2) is 17.3 Å². The molecule has 25 heavy (non-hydrogen) atoms. The summed E-state index contributed by atoms with van der Waals surface area (Å²) < 4.78 is 12.9. The normalized spacial score (nSPS) is 13.3. The van der Waals surface area contributed by atoms with Gasteiger partial charge in [-0.05, 0) is 58.4 Å². The summed E-state index contributed by atoms with van der Waals surface area (Å²) in [6.07, 6.45) is 0. The summed E-state index contributed by atoms with van der Waals surface area (Å²) in [6, 6.07) is 7.82. The highest BCUT2D eigenvalue weighted by Crippen LogP contribution is 2.32. The number of carbonyl (C=O) groups is 1. The lowest BCUT2D eigenvalue weighted by molar-refractivity contribution is 0.0990. The molecular formula is C20H26N2O3. The van der Waals surface area contributed by atoms with E-state index in [1.807, 2.05) is 31.2 Å². The lowest BCUT2D eigenvalue weighted by atomic mass is 10.1. The molecule has 0 saturated heterocycles. The van der Waals surface area contributed by atoms with Gasteiger partial charge in [0.25, 0.3) is 0 Å². The number of ether oxygens (including phenoxy) is 2. The highest BCUT2D eigenvalue weighted by Gasteiger charge is 2.22. The van der Waals surface area contributed by atoms with Gasteiger partial charge in [0, 0.05) is 29.0 Å². The average Bonchev–Trinajstić information content (AvgIpc) is 3.10. The number of fused-ring (bicyclic) bond motifs is 1. The van der Waals surface area contributed by atoms with Crippen LogP contribution in [0, 0.1) is 13.8 Å². The second-order valence-electron chi connectivity index (χ2n) is 7.51. The van der Waals surface area contributed by atoms with Crippen molar-refractivity contribution in [2.45, 2.75) is 46.7 Å². The van der Waals surface area contributed by atoms with Crippen LogP contribution in [0.15, 0.2) is 24.3 Å². The molecule has 0 bridgehead atoms. The minimum absolute atomic E-state index is 0.0351. The Labute approximate surface area is 148 Å². The summed E-state index contributed by atoms with van der Waals surface area (Å²) in [7, 11) is 0. The van der Waals surface area contributed by atoms with Crippen LogP contribution >= 0.6 is 0 Å². The Bertz CT molecular complexity index is 800. The first-order chi connectivity index (χ1) is 11.8. The Morgan fingerprint density at radius 3 is 2.56 bits per heavy atom. The zero-order valence-electron chi connectivity index (χ0n) is 15.6. The average molecular weight is 342 g/mol. The van der Waals surface area contributed by atoms with Gasteiger partial charge < -0.3 is 19.4 Å². The van der Waals surface area contributed by atoms with Crippen LogP contribution in [0.1, 0.15) is 48.1 Å². The Kier molecular flexibility index (Phi) is 4.60. The second-order valence-corrected chi connectivity index (χ2v) is 7.51. The molecule has 0 atom stereocenters. The van der Waals surface area contributed by atoms with E-state index in [9.17, 15) is 4.79 Å². The zero-order chi connectivity index (χ0) is 18.2.